The number of rotatable bonds is 6. The number of nitrogens with one attached hydrogen (secondary N) is 2. The first-order valence-corrected chi connectivity index (χ1v) is 10.4. The highest BCUT2D eigenvalue weighted by atomic mass is 32.1. The van der Waals surface area contributed by atoms with Crippen LogP contribution in [-0.4, -0.2) is 50.3 Å². The summed E-state index contributed by atoms with van der Waals surface area (Å²) in [7, 11) is 0. The third-order valence-corrected chi connectivity index (χ3v) is 5.67. The van der Waals surface area contributed by atoms with Crippen LogP contribution < -0.4 is 10.2 Å². The molecule has 7 heteroatoms. The van der Waals surface area contributed by atoms with Gasteiger partial charge in [-0.05, 0) is 32.4 Å². The van der Waals surface area contributed by atoms with Crippen LogP contribution in [0.25, 0.3) is 10.4 Å². The molecule has 0 saturated carbocycles. The van der Waals surface area contributed by atoms with E-state index in [2.05, 4.69) is 5.32 Å². The molecular formula is C21H27N2O4S+. The summed E-state index contributed by atoms with van der Waals surface area (Å²) in [6, 6.07) is 11.6. The maximum atomic E-state index is 12.7. The molecule has 1 aliphatic rings. The van der Waals surface area contributed by atoms with E-state index in [1.807, 2.05) is 44.2 Å². The highest BCUT2D eigenvalue weighted by Crippen LogP contribution is 2.35. The van der Waals surface area contributed by atoms with Crippen LogP contribution in [-0.2, 0) is 14.3 Å². The van der Waals surface area contributed by atoms with Crippen molar-refractivity contribution in [2.24, 2.45) is 0 Å². The minimum absolute atomic E-state index is 0.108. The fourth-order valence-electron chi connectivity index (χ4n) is 3.52. The van der Waals surface area contributed by atoms with Crippen molar-refractivity contribution >= 4 is 28.2 Å². The number of carbonyl (C=O) groups is 2. The molecule has 1 aromatic carbocycles. The Morgan fingerprint density at radius 3 is 2.54 bits per heavy atom. The Kier molecular flexibility index (Phi) is 6.83. The summed E-state index contributed by atoms with van der Waals surface area (Å²) in [5, 5.41) is 3.47. The minimum atomic E-state index is -0.419. The van der Waals surface area contributed by atoms with Gasteiger partial charge in [0.15, 0.2) is 6.54 Å². The molecule has 1 amide bonds. The van der Waals surface area contributed by atoms with E-state index in [0.717, 1.165) is 23.5 Å². The normalized spacial score (nSPS) is 21.9. The average Bonchev–Trinajstić information content (AvgIpc) is 3.05. The first kappa shape index (κ1) is 20.5. The van der Waals surface area contributed by atoms with Crippen molar-refractivity contribution < 1.29 is 24.0 Å². The van der Waals surface area contributed by atoms with Gasteiger partial charge in [-0.3, -0.25) is 4.79 Å². The first-order valence-electron chi connectivity index (χ1n) is 9.61. The largest absolute Gasteiger partial charge is 0.462 e. The van der Waals surface area contributed by atoms with Crippen LogP contribution in [0.15, 0.2) is 36.4 Å². The lowest BCUT2D eigenvalue weighted by atomic mass is 10.1. The predicted molar refractivity (Wildman–Crippen MR) is 110 cm³/mol. The number of amides is 1. The van der Waals surface area contributed by atoms with Gasteiger partial charge in [-0.15, -0.1) is 11.3 Å². The number of anilines is 1. The number of ether oxygens (including phenoxy) is 2. The van der Waals surface area contributed by atoms with Gasteiger partial charge >= 0.3 is 5.97 Å². The Hall–Kier alpha value is -2.22. The fourth-order valence-corrected chi connectivity index (χ4v) is 4.59. The molecule has 2 heterocycles. The second kappa shape index (κ2) is 9.32. The Balaban J connectivity index is 1.76. The molecule has 28 heavy (non-hydrogen) atoms. The highest BCUT2D eigenvalue weighted by molar-refractivity contribution is 7.20. The van der Waals surface area contributed by atoms with Gasteiger partial charge < -0.3 is 19.7 Å². The molecule has 150 valence electrons. The number of thiophene rings is 1. The van der Waals surface area contributed by atoms with Crippen molar-refractivity contribution in [3.8, 4) is 10.4 Å². The number of esters is 1. The zero-order chi connectivity index (χ0) is 20.1. The van der Waals surface area contributed by atoms with Gasteiger partial charge in [0.1, 0.15) is 30.3 Å². The van der Waals surface area contributed by atoms with E-state index in [-0.39, 0.29) is 24.7 Å². The molecule has 1 fully saturated rings. The summed E-state index contributed by atoms with van der Waals surface area (Å²) >= 11 is 1.39. The minimum Gasteiger partial charge on any atom is -0.462 e. The number of quaternary nitrogens is 1. The average molecular weight is 404 g/mol. The van der Waals surface area contributed by atoms with Crippen molar-refractivity contribution in [3.05, 3.63) is 42.0 Å². The molecule has 2 atom stereocenters. The summed E-state index contributed by atoms with van der Waals surface area (Å²) < 4.78 is 10.9. The van der Waals surface area contributed by atoms with Crippen molar-refractivity contribution in [1.29, 1.82) is 0 Å². The van der Waals surface area contributed by atoms with Crippen molar-refractivity contribution in [2.75, 3.05) is 31.6 Å². The van der Waals surface area contributed by atoms with Gasteiger partial charge in [0.2, 0.25) is 0 Å². The van der Waals surface area contributed by atoms with Crippen LogP contribution in [0.1, 0.15) is 31.1 Å². The molecule has 6 nitrogen and oxygen atoms in total. The van der Waals surface area contributed by atoms with Crippen LogP contribution in [0.5, 0.6) is 0 Å². The van der Waals surface area contributed by atoms with Crippen LogP contribution >= 0.6 is 11.3 Å². The van der Waals surface area contributed by atoms with Crippen LogP contribution in [0.4, 0.5) is 5.00 Å². The smallest absolute Gasteiger partial charge is 0.341 e. The standard InChI is InChI=1S/C21H26N2O4S/c1-4-26-21(25)17-10-18(16-8-6-5-7-9-16)28-20(17)22-19(24)13-23-11-14(2)27-15(3)12-23/h5-10,14-15H,4,11-13H2,1-3H3,(H,22,24)/p+1/t14-,15-/m0/s1. The molecule has 1 aliphatic heterocycles. The second-order valence-corrected chi connectivity index (χ2v) is 8.13. The maximum absolute atomic E-state index is 12.7. The quantitative estimate of drug-likeness (QED) is 0.726. The summed E-state index contributed by atoms with van der Waals surface area (Å²) in [6.07, 6.45) is 0.265. The third kappa shape index (κ3) is 5.19. The number of morpholine rings is 1. The molecular weight excluding hydrogens is 376 g/mol. The van der Waals surface area contributed by atoms with Gasteiger partial charge in [0.05, 0.1) is 12.2 Å². The van der Waals surface area contributed by atoms with Gasteiger partial charge in [0, 0.05) is 4.88 Å². The molecule has 0 aliphatic carbocycles. The fraction of sp³-hybridized carbons (Fsp3) is 0.429. The van der Waals surface area contributed by atoms with E-state index in [1.54, 1.807) is 13.0 Å². The predicted octanol–water partition coefficient (Wildman–Crippen LogP) is 2.22. The molecule has 0 unspecified atom stereocenters. The summed E-state index contributed by atoms with van der Waals surface area (Å²) in [6.45, 7) is 8.04. The first-order chi connectivity index (χ1) is 13.5. The summed E-state index contributed by atoms with van der Waals surface area (Å²) in [4.78, 5) is 27.1. The SMILES string of the molecule is CCOC(=O)c1cc(-c2ccccc2)sc1NC(=O)C[NH+]1C[C@H](C)O[C@@H](C)C1. The number of hydrogen-bond donors (Lipinski definition) is 2. The van der Waals surface area contributed by atoms with Crippen molar-refractivity contribution in [1.82, 2.24) is 0 Å². The molecule has 0 bridgehead atoms. The lowest BCUT2D eigenvalue weighted by Crippen LogP contribution is -3.16. The maximum Gasteiger partial charge on any atom is 0.341 e. The number of carbonyl (C=O) groups excluding carboxylic acids is 2. The van der Waals surface area contributed by atoms with Crippen molar-refractivity contribution in [2.45, 2.75) is 33.0 Å². The topological polar surface area (TPSA) is 69.1 Å². The molecule has 3 rings (SSSR count). The zero-order valence-electron chi connectivity index (χ0n) is 16.5. The molecule has 0 radical (unpaired) electrons. The summed E-state index contributed by atoms with van der Waals surface area (Å²) in [5.74, 6) is -0.527. The van der Waals surface area contributed by atoms with E-state index in [4.69, 9.17) is 9.47 Å². The Bertz CT molecular complexity index is 811. The molecule has 2 aromatic rings. The third-order valence-electron chi connectivity index (χ3n) is 4.57. The molecule has 2 N–H and O–H groups in total. The van der Waals surface area contributed by atoms with Gasteiger partial charge in [-0.2, -0.15) is 0 Å². The van der Waals surface area contributed by atoms with E-state index in [0.29, 0.717) is 17.1 Å². The Morgan fingerprint density at radius 2 is 1.89 bits per heavy atom. The van der Waals surface area contributed by atoms with Crippen LogP contribution in [0.3, 0.4) is 0 Å². The monoisotopic (exact) mass is 403 g/mol. The molecule has 1 saturated heterocycles. The molecule has 0 spiro atoms. The lowest BCUT2D eigenvalue weighted by molar-refractivity contribution is -0.907. The highest BCUT2D eigenvalue weighted by Gasteiger charge is 2.28. The van der Waals surface area contributed by atoms with Crippen LogP contribution in [0, 0.1) is 0 Å². The Morgan fingerprint density at radius 1 is 1.21 bits per heavy atom. The number of benzene rings is 1. The van der Waals surface area contributed by atoms with Gasteiger partial charge in [0.25, 0.3) is 5.91 Å². The summed E-state index contributed by atoms with van der Waals surface area (Å²) in [5.41, 5.74) is 1.40. The lowest BCUT2D eigenvalue weighted by Gasteiger charge is -2.31. The van der Waals surface area contributed by atoms with Crippen molar-refractivity contribution in [3.63, 3.8) is 0 Å². The van der Waals surface area contributed by atoms with Gasteiger partial charge in [-0.25, -0.2) is 4.79 Å². The number of hydrogen-bond acceptors (Lipinski definition) is 5. The van der Waals surface area contributed by atoms with E-state index >= 15 is 0 Å². The van der Waals surface area contributed by atoms with E-state index in [9.17, 15) is 9.59 Å². The van der Waals surface area contributed by atoms with E-state index in [1.165, 1.54) is 16.2 Å². The van der Waals surface area contributed by atoms with Gasteiger partial charge in [-0.1, -0.05) is 30.3 Å². The Labute approximate surface area is 169 Å². The second-order valence-electron chi connectivity index (χ2n) is 7.08. The van der Waals surface area contributed by atoms with Crippen LogP contribution in [0.2, 0.25) is 0 Å². The zero-order valence-corrected chi connectivity index (χ0v) is 17.3. The molecule has 1 aromatic heterocycles. The van der Waals surface area contributed by atoms with E-state index < -0.39 is 5.97 Å².